The molecule has 84 valence electrons. The molecule has 0 N–H and O–H groups in total. The number of carbonyl (C=O) groups excluding carboxylic acids is 1. The Balaban J connectivity index is 0.00000120. The summed E-state index contributed by atoms with van der Waals surface area (Å²) in [4.78, 5) is 10.5. The van der Waals surface area contributed by atoms with Crippen LogP contribution in [0.1, 0.15) is 0 Å². The van der Waals surface area contributed by atoms with Crippen LogP contribution < -0.4 is 4.74 Å². The zero-order valence-electron chi connectivity index (χ0n) is 9.09. The van der Waals surface area contributed by atoms with E-state index in [9.17, 15) is 4.79 Å². The molecule has 0 saturated carbocycles. The first-order valence-corrected chi connectivity index (χ1v) is 5.41. The Morgan fingerprint density at radius 1 is 0.833 bits per heavy atom. The topological polar surface area (TPSA) is 26.3 Å². The molecule has 0 atom stereocenters. The van der Waals surface area contributed by atoms with Crippen LogP contribution in [0.15, 0.2) is 54.6 Å². The van der Waals surface area contributed by atoms with Crippen molar-refractivity contribution in [2.24, 2.45) is 0 Å². The van der Waals surface area contributed by atoms with Crippen LogP contribution in [0.5, 0.6) is 5.75 Å². The van der Waals surface area contributed by atoms with Gasteiger partial charge in [-0.15, -0.1) is 0 Å². The number of benzene rings is 3. The van der Waals surface area contributed by atoms with Crippen molar-refractivity contribution < 1.29 is 9.53 Å². The first kappa shape index (κ1) is 13.1. The Morgan fingerprint density at radius 2 is 1.56 bits per heavy atom. The number of hydrogen-bond donors (Lipinski definition) is 0. The van der Waals surface area contributed by atoms with E-state index in [1.165, 1.54) is 0 Å². The molecule has 0 aliphatic carbocycles. The van der Waals surface area contributed by atoms with Gasteiger partial charge < -0.3 is 4.74 Å². The molecule has 0 spiro atoms. The second-order valence-corrected chi connectivity index (χ2v) is 3.86. The summed E-state index contributed by atoms with van der Waals surface area (Å²) in [6.07, 6.45) is 0. The monoisotopic (exact) mass is 246 g/mol. The zero-order valence-corrected chi connectivity index (χ0v) is 9.09. The second kappa shape index (κ2) is 5.53. The van der Waals surface area contributed by atoms with E-state index in [-0.39, 0.29) is 29.6 Å². The molecule has 0 bridgehead atoms. The van der Waals surface area contributed by atoms with Gasteiger partial charge in [-0.25, -0.2) is 0 Å². The molecular weight excluding hydrogens is 235 g/mol. The quantitative estimate of drug-likeness (QED) is 0.395. The number of carbonyl (C=O) groups is 1. The molecule has 2 nitrogen and oxygen atoms in total. The van der Waals surface area contributed by atoms with Crippen molar-refractivity contribution in [2.75, 3.05) is 0 Å². The van der Waals surface area contributed by atoms with Crippen LogP contribution in [-0.2, 0) is 4.79 Å². The van der Waals surface area contributed by atoms with Gasteiger partial charge in [0.05, 0.1) is 0 Å². The Bertz CT molecular complexity index is 707. The number of hydrogen-bond acceptors (Lipinski definition) is 2. The van der Waals surface area contributed by atoms with Crippen LogP contribution in [0.3, 0.4) is 0 Å². The Morgan fingerprint density at radius 3 is 2.39 bits per heavy atom. The number of ether oxygens (including phenoxy) is 1. The molecule has 0 fully saturated rings. The fourth-order valence-corrected chi connectivity index (χ4v) is 2.17. The van der Waals surface area contributed by atoms with Crippen LogP contribution in [0, 0.1) is 0 Å². The predicted molar refractivity (Wildman–Crippen MR) is 75.3 cm³/mol. The van der Waals surface area contributed by atoms with Crippen LogP contribution >= 0.6 is 0 Å². The van der Waals surface area contributed by atoms with Gasteiger partial charge in [-0.05, 0) is 22.2 Å². The summed E-state index contributed by atoms with van der Waals surface area (Å²) in [5.74, 6) is 0.606. The van der Waals surface area contributed by atoms with Gasteiger partial charge in [-0.3, -0.25) is 4.79 Å². The fraction of sp³-hybridized carbons (Fsp3) is 0. The van der Waals surface area contributed by atoms with Gasteiger partial charge in [0.2, 0.25) is 0 Å². The van der Waals surface area contributed by atoms with Gasteiger partial charge >= 0.3 is 29.6 Å². The first-order chi connectivity index (χ1) is 8.40. The van der Waals surface area contributed by atoms with Crippen molar-refractivity contribution in [3.8, 4) is 5.75 Å². The summed E-state index contributed by atoms with van der Waals surface area (Å²) in [5, 5.41) is 4.30. The average Bonchev–Trinajstić information content (AvgIpc) is 2.39. The molecule has 3 rings (SSSR count). The van der Waals surface area contributed by atoms with E-state index in [1.54, 1.807) is 0 Å². The standard InChI is InChI=1S/C15H10O2.Na.H/c16-10-17-14-7-3-5-12-9-8-11-4-1-2-6-13(11)15(12)14;;/h1-10H;;. The Labute approximate surface area is 127 Å². The molecule has 0 aliphatic heterocycles. The SMILES string of the molecule is O=COc1cccc2ccc3ccccc3c12.[NaH]. The Hall–Kier alpha value is -1.35. The number of rotatable bonds is 2. The summed E-state index contributed by atoms with van der Waals surface area (Å²) in [7, 11) is 0. The third kappa shape index (κ3) is 2.15. The van der Waals surface area contributed by atoms with Gasteiger partial charge in [0, 0.05) is 5.39 Å². The summed E-state index contributed by atoms with van der Waals surface area (Å²) in [5.41, 5.74) is 0. The second-order valence-electron chi connectivity index (χ2n) is 3.86. The van der Waals surface area contributed by atoms with Crippen LogP contribution in [-0.4, -0.2) is 36.0 Å². The maximum atomic E-state index is 10.5. The van der Waals surface area contributed by atoms with Crippen LogP contribution in [0.4, 0.5) is 0 Å². The normalized spacial score (nSPS) is 10.0. The Kier molecular flexibility index (Phi) is 4.02. The number of fused-ring (bicyclic) bond motifs is 3. The molecule has 0 aliphatic rings. The third-order valence-electron chi connectivity index (χ3n) is 2.91. The molecule has 3 heteroatoms. The minimum atomic E-state index is 0. The maximum absolute atomic E-state index is 10.5. The molecule has 0 unspecified atom stereocenters. The van der Waals surface area contributed by atoms with E-state index in [4.69, 9.17) is 4.74 Å². The predicted octanol–water partition coefficient (Wildman–Crippen LogP) is 2.88. The van der Waals surface area contributed by atoms with Crippen molar-refractivity contribution in [2.45, 2.75) is 0 Å². The van der Waals surface area contributed by atoms with Gasteiger partial charge in [-0.2, -0.15) is 0 Å². The third-order valence-corrected chi connectivity index (χ3v) is 2.91. The average molecular weight is 246 g/mol. The van der Waals surface area contributed by atoms with Gasteiger partial charge in [0.25, 0.3) is 6.47 Å². The molecular formula is C15H11NaO2. The van der Waals surface area contributed by atoms with E-state index in [1.807, 2.05) is 48.5 Å². The molecule has 3 aromatic carbocycles. The summed E-state index contributed by atoms with van der Waals surface area (Å²) in [6.45, 7) is 0.469. The van der Waals surface area contributed by atoms with Gasteiger partial charge in [0.1, 0.15) is 5.75 Å². The van der Waals surface area contributed by atoms with E-state index >= 15 is 0 Å². The molecule has 0 radical (unpaired) electrons. The summed E-state index contributed by atoms with van der Waals surface area (Å²) in [6, 6.07) is 17.9. The molecule has 0 heterocycles. The summed E-state index contributed by atoms with van der Waals surface area (Å²) < 4.78 is 5.05. The van der Waals surface area contributed by atoms with Gasteiger partial charge in [0.15, 0.2) is 0 Å². The van der Waals surface area contributed by atoms with Crippen LogP contribution in [0.2, 0.25) is 0 Å². The zero-order chi connectivity index (χ0) is 11.7. The summed E-state index contributed by atoms with van der Waals surface area (Å²) >= 11 is 0. The van der Waals surface area contributed by atoms with E-state index in [0.717, 1.165) is 21.5 Å². The van der Waals surface area contributed by atoms with Gasteiger partial charge in [-0.1, -0.05) is 48.5 Å². The van der Waals surface area contributed by atoms with E-state index in [0.29, 0.717) is 12.2 Å². The van der Waals surface area contributed by atoms with Crippen molar-refractivity contribution in [3.63, 3.8) is 0 Å². The van der Waals surface area contributed by atoms with Crippen molar-refractivity contribution in [1.29, 1.82) is 0 Å². The van der Waals surface area contributed by atoms with Crippen molar-refractivity contribution in [1.82, 2.24) is 0 Å². The first-order valence-electron chi connectivity index (χ1n) is 5.41. The molecule has 3 aromatic rings. The molecule has 0 saturated heterocycles. The minimum absolute atomic E-state index is 0. The molecule has 18 heavy (non-hydrogen) atoms. The molecule has 0 amide bonds. The fourth-order valence-electron chi connectivity index (χ4n) is 2.17. The van der Waals surface area contributed by atoms with Crippen molar-refractivity contribution >= 4 is 57.6 Å². The van der Waals surface area contributed by atoms with E-state index < -0.39 is 0 Å². The van der Waals surface area contributed by atoms with Crippen LogP contribution in [0.25, 0.3) is 21.5 Å². The van der Waals surface area contributed by atoms with Crippen molar-refractivity contribution in [3.05, 3.63) is 54.6 Å². The van der Waals surface area contributed by atoms with E-state index in [2.05, 4.69) is 6.07 Å². The molecule has 0 aromatic heterocycles.